The van der Waals surface area contributed by atoms with Gasteiger partial charge >= 0.3 is 11.9 Å². The third-order valence-electron chi connectivity index (χ3n) is 1.82. The zero-order valence-corrected chi connectivity index (χ0v) is 13.2. The van der Waals surface area contributed by atoms with Crippen molar-refractivity contribution in [1.82, 2.24) is 4.90 Å². The molecular weight excluding hydrogens is 270 g/mol. The summed E-state index contributed by atoms with van der Waals surface area (Å²) in [4.78, 5) is 21.6. The van der Waals surface area contributed by atoms with Gasteiger partial charge in [-0.2, -0.15) is 0 Å². The van der Waals surface area contributed by atoms with Crippen LogP contribution in [0.2, 0.25) is 0 Å². The van der Waals surface area contributed by atoms with E-state index < -0.39 is 11.9 Å². The molecule has 0 saturated heterocycles. The van der Waals surface area contributed by atoms with Crippen molar-refractivity contribution in [1.29, 1.82) is 0 Å². The number of hydrogen-bond donors (Lipinski definition) is 2. The summed E-state index contributed by atoms with van der Waals surface area (Å²) in [6, 6.07) is 0. The third kappa shape index (κ3) is 31.9. The molecule has 5 heteroatoms. The summed E-state index contributed by atoms with van der Waals surface area (Å²) in [5.41, 5.74) is 0. The zero-order valence-electron chi connectivity index (χ0n) is 13.2. The van der Waals surface area contributed by atoms with E-state index in [1.807, 2.05) is 38.2 Å². The van der Waals surface area contributed by atoms with Gasteiger partial charge in [-0.3, -0.25) is 14.5 Å². The van der Waals surface area contributed by atoms with Gasteiger partial charge in [-0.1, -0.05) is 56.5 Å². The highest BCUT2D eigenvalue weighted by Crippen LogP contribution is 1.86. The number of carboxylic acids is 2. The highest BCUT2D eigenvalue weighted by atomic mass is 16.4. The highest BCUT2D eigenvalue weighted by molar-refractivity contribution is 5.72. The summed E-state index contributed by atoms with van der Waals surface area (Å²) in [5.74, 6) is -2.01. The molecule has 0 atom stereocenters. The van der Waals surface area contributed by atoms with Crippen molar-refractivity contribution in [2.24, 2.45) is 0 Å². The first-order chi connectivity index (χ1) is 9.89. The molecule has 0 bridgehead atoms. The molecule has 0 aliphatic heterocycles. The van der Waals surface area contributed by atoms with Crippen LogP contribution in [-0.4, -0.2) is 46.7 Å². The Morgan fingerprint density at radius 2 is 1.29 bits per heavy atom. The van der Waals surface area contributed by atoms with Crippen LogP contribution in [0, 0.1) is 0 Å². The maximum Gasteiger partial charge on any atom is 0.317 e. The van der Waals surface area contributed by atoms with E-state index in [2.05, 4.69) is 13.2 Å². The van der Waals surface area contributed by atoms with Crippen LogP contribution in [-0.2, 0) is 9.59 Å². The lowest BCUT2D eigenvalue weighted by molar-refractivity contribution is -0.141. The van der Waals surface area contributed by atoms with Crippen molar-refractivity contribution in [3.8, 4) is 0 Å². The van der Waals surface area contributed by atoms with Crippen LogP contribution in [0.25, 0.3) is 0 Å². The molecule has 0 fully saturated rings. The minimum atomic E-state index is -1.01. The van der Waals surface area contributed by atoms with Crippen molar-refractivity contribution in [3.63, 3.8) is 0 Å². The van der Waals surface area contributed by atoms with Crippen molar-refractivity contribution in [2.75, 3.05) is 19.6 Å². The van der Waals surface area contributed by atoms with Gasteiger partial charge in [0.05, 0.1) is 13.1 Å². The minimum Gasteiger partial charge on any atom is -0.480 e. The lowest BCUT2D eigenvalue weighted by Crippen LogP contribution is -2.34. The zero-order chi connectivity index (χ0) is 17.1. The molecular formula is C16H27NO4. The van der Waals surface area contributed by atoms with E-state index in [0.29, 0.717) is 6.54 Å². The quantitative estimate of drug-likeness (QED) is 0.706. The van der Waals surface area contributed by atoms with E-state index in [9.17, 15) is 9.59 Å². The summed E-state index contributed by atoms with van der Waals surface area (Å²) >= 11 is 0. The van der Waals surface area contributed by atoms with Crippen molar-refractivity contribution in [3.05, 3.63) is 49.6 Å². The second-order valence-corrected chi connectivity index (χ2v) is 3.61. The van der Waals surface area contributed by atoms with E-state index in [-0.39, 0.29) is 13.1 Å². The van der Waals surface area contributed by atoms with Crippen LogP contribution in [0.5, 0.6) is 0 Å². The number of likely N-dealkylation sites (N-methyl/N-ethyl adjacent to an activating group) is 1. The van der Waals surface area contributed by atoms with Gasteiger partial charge in [0.15, 0.2) is 0 Å². The van der Waals surface area contributed by atoms with Gasteiger partial charge in [-0.05, 0) is 20.4 Å². The molecule has 0 aliphatic rings. The number of hydrogen-bond acceptors (Lipinski definition) is 3. The summed E-state index contributed by atoms with van der Waals surface area (Å²) in [7, 11) is 0. The fourth-order valence-corrected chi connectivity index (χ4v) is 0.934. The summed E-state index contributed by atoms with van der Waals surface area (Å²) in [6.45, 7) is 12.6. The molecule has 0 spiro atoms. The monoisotopic (exact) mass is 297 g/mol. The molecule has 5 nitrogen and oxygen atoms in total. The van der Waals surface area contributed by atoms with Gasteiger partial charge < -0.3 is 10.2 Å². The topological polar surface area (TPSA) is 77.8 Å². The molecule has 0 aromatic rings. The molecule has 0 aromatic carbocycles. The Bertz CT molecular complexity index is 314. The number of carbonyl (C=O) groups is 2. The molecule has 0 aromatic heterocycles. The predicted octanol–water partition coefficient (Wildman–Crippen LogP) is 2.97. The summed E-state index contributed by atoms with van der Waals surface area (Å²) in [6.07, 6.45) is 11.2. The van der Waals surface area contributed by atoms with E-state index >= 15 is 0 Å². The molecule has 120 valence electrons. The Balaban J connectivity index is -0.000000270. The molecule has 0 rings (SSSR count). The Hall–Kier alpha value is -2.14. The molecule has 0 unspecified atom stereocenters. The van der Waals surface area contributed by atoms with Crippen molar-refractivity contribution < 1.29 is 19.8 Å². The normalized spacial score (nSPS) is 9.52. The van der Waals surface area contributed by atoms with E-state index in [0.717, 1.165) is 0 Å². The number of aliphatic carboxylic acids is 2. The average Bonchev–Trinajstić information content (AvgIpc) is 2.40. The number of rotatable bonds is 7. The lowest BCUT2D eigenvalue weighted by Gasteiger charge is -2.13. The molecule has 2 N–H and O–H groups in total. The van der Waals surface area contributed by atoms with Gasteiger partial charge in [0.2, 0.25) is 0 Å². The van der Waals surface area contributed by atoms with E-state index in [1.54, 1.807) is 19.1 Å². The molecule has 0 saturated carbocycles. The smallest absolute Gasteiger partial charge is 0.317 e. The van der Waals surface area contributed by atoms with E-state index in [4.69, 9.17) is 10.2 Å². The predicted molar refractivity (Wildman–Crippen MR) is 87.4 cm³/mol. The Labute approximate surface area is 127 Å². The Morgan fingerprint density at radius 3 is 1.38 bits per heavy atom. The molecule has 21 heavy (non-hydrogen) atoms. The Kier molecular flexibility index (Phi) is 23.0. The van der Waals surface area contributed by atoms with Gasteiger partial charge in [0.25, 0.3) is 0 Å². The van der Waals surface area contributed by atoms with Crippen LogP contribution in [0.3, 0.4) is 0 Å². The molecule has 0 heterocycles. The van der Waals surface area contributed by atoms with Gasteiger partial charge in [-0.25, -0.2) is 0 Å². The third-order valence-corrected chi connectivity index (χ3v) is 1.82. The highest BCUT2D eigenvalue weighted by Gasteiger charge is 2.10. The standard InChI is InChI=1S/C6H11NO4.2C5H8/c1-2-7(3-5(8)9)4-6(10)11;2*1-3-5-4-2/h2-4H2,1H3,(H,8,9)(H,10,11);2*3-5H,1H2,2H3/b;5-4+;5-4-. The largest absolute Gasteiger partial charge is 0.480 e. The fraction of sp³-hybridized carbons (Fsp3) is 0.375. The number of nitrogens with zero attached hydrogens (tertiary/aromatic N) is 1. The van der Waals surface area contributed by atoms with Gasteiger partial charge in [0, 0.05) is 0 Å². The van der Waals surface area contributed by atoms with Crippen LogP contribution in [0.4, 0.5) is 0 Å². The second kappa shape index (κ2) is 20.2. The van der Waals surface area contributed by atoms with Crippen LogP contribution < -0.4 is 0 Å². The fourth-order valence-electron chi connectivity index (χ4n) is 0.934. The average molecular weight is 297 g/mol. The van der Waals surface area contributed by atoms with Crippen LogP contribution in [0.1, 0.15) is 20.8 Å². The second-order valence-electron chi connectivity index (χ2n) is 3.61. The first-order valence-electron chi connectivity index (χ1n) is 6.52. The first-order valence-corrected chi connectivity index (χ1v) is 6.52. The van der Waals surface area contributed by atoms with Crippen LogP contribution >= 0.6 is 0 Å². The number of carboxylic acid groups (broad SMARTS) is 2. The maximum absolute atomic E-state index is 10.1. The Morgan fingerprint density at radius 1 is 0.952 bits per heavy atom. The summed E-state index contributed by atoms with van der Waals surface area (Å²) < 4.78 is 0. The van der Waals surface area contributed by atoms with Gasteiger partial charge in [-0.15, -0.1) is 0 Å². The maximum atomic E-state index is 10.1. The molecule has 0 radical (unpaired) electrons. The lowest BCUT2D eigenvalue weighted by atomic mass is 10.4. The van der Waals surface area contributed by atoms with Crippen LogP contribution in [0.15, 0.2) is 49.6 Å². The minimum absolute atomic E-state index is 0.219. The molecule has 0 aliphatic carbocycles. The first kappa shape index (κ1) is 23.9. The van der Waals surface area contributed by atoms with E-state index in [1.165, 1.54) is 4.90 Å². The van der Waals surface area contributed by atoms with Crippen molar-refractivity contribution >= 4 is 11.9 Å². The molecule has 0 amide bonds. The number of allylic oxidation sites excluding steroid dienone is 6. The van der Waals surface area contributed by atoms with Crippen molar-refractivity contribution in [2.45, 2.75) is 20.8 Å². The SMILES string of the molecule is C=C/C=C/C.C=C/C=C\C.CCN(CC(=O)O)CC(=O)O. The summed E-state index contributed by atoms with van der Waals surface area (Å²) in [5, 5.41) is 16.6. The van der Waals surface area contributed by atoms with Gasteiger partial charge in [0.1, 0.15) is 0 Å².